The van der Waals surface area contributed by atoms with Crippen molar-refractivity contribution >= 4 is 45.0 Å². The van der Waals surface area contributed by atoms with Gasteiger partial charge in [-0.1, -0.05) is 84.9 Å². The smallest absolute Gasteiger partial charge is 0.296 e. The van der Waals surface area contributed by atoms with Gasteiger partial charge in [0.1, 0.15) is 6.54 Å². The molecule has 6 rings (SSSR count). The lowest BCUT2D eigenvalue weighted by Gasteiger charge is -2.08. The van der Waals surface area contributed by atoms with E-state index in [1.165, 1.54) is 4.57 Å². The fourth-order valence-corrected chi connectivity index (χ4v) is 4.65. The first-order chi connectivity index (χ1) is 19.6. The van der Waals surface area contributed by atoms with Crippen LogP contribution in [0.4, 0.5) is 11.4 Å². The van der Waals surface area contributed by atoms with Gasteiger partial charge in [0.15, 0.2) is 5.69 Å². The van der Waals surface area contributed by atoms with Crippen molar-refractivity contribution in [1.82, 2.24) is 9.55 Å². The third kappa shape index (κ3) is 4.81. The predicted molar refractivity (Wildman–Crippen MR) is 155 cm³/mol. The topological polar surface area (TPSA) is 109 Å². The van der Waals surface area contributed by atoms with Crippen molar-refractivity contribution in [3.05, 3.63) is 121 Å². The van der Waals surface area contributed by atoms with E-state index >= 15 is 0 Å². The van der Waals surface area contributed by atoms with Crippen LogP contribution in [0.25, 0.3) is 33.1 Å². The Balaban J connectivity index is 1.35. The maximum atomic E-state index is 13.4. The highest BCUT2D eigenvalue weighted by Gasteiger charge is 2.20. The number of azo groups is 1. The summed E-state index contributed by atoms with van der Waals surface area (Å²) in [5.74, 6) is -1.15. The fourth-order valence-electron chi connectivity index (χ4n) is 4.65. The third-order valence-electron chi connectivity index (χ3n) is 6.53. The van der Waals surface area contributed by atoms with E-state index in [1.807, 2.05) is 72.8 Å². The molecule has 2 N–H and O–H groups in total. The summed E-state index contributed by atoms with van der Waals surface area (Å²) in [6.45, 7) is -0.153. The number of fused-ring (bicyclic) bond motifs is 2. The van der Waals surface area contributed by atoms with Gasteiger partial charge in [0.2, 0.25) is 11.8 Å². The van der Waals surface area contributed by atoms with Gasteiger partial charge >= 0.3 is 0 Å². The number of nitrogens with one attached hydrogen (secondary N) is 1. The SMILES string of the molecule is O=C(Cn1c(O)c(N=NC(=O)c2cc(-c3ccccc3)nc3ccccc23)c2ccccc21)Nc1ccccc1. The average Bonchev–Trinajstić information content (AvgIpc) is 3.26. The van der Waals surface area contributed by atoms with Gasteiger partial charge in [-0.15, -0.1) is 10.2 Å². The van der Waals surface area contributed by atoms with Gasteiger partial charge in [-0.05, 0) is 30.3 Å². The van der Waals surface area contributed by atoms with Gasteiger partial charge in [0.25, 0.3) is 5.91 Å². The fraction of sp³-hybridized carbons (Fsp3) is 0.0312. The predicted octanol–water partition coefficient (Wildman–Crippen LogP) is 7.12. The summed E-state index contributed by atoms with van der Waals surface area (Å²) in [5, 5.41) is 23.3. The Bertz CT molecular complexity index is 1900. The van der Waals surface area contributed by atoms with Crippen LogP contribution in [0.15, 0.2) is 125 Å². The van der Waals surface area contributed by atoms with Crippen LogP contribution in [0.2, 0.25) is 0 Å². The number of amides is 2. The molecule has 194 valence electrons. The molecule has 0 bridgehead atoms. The lowest BCUT2D eigenvalue weighted by Crippen LogP contribution is -2.18. The first-order valence-electron chi connectivity index (χ1n) is 12.6. The third-order valence-corrected chi connectivity index (χ3v) is 6.53. The summed E-state index contributed by atoms with van der Waals surface area (Å²) < 4.78 is 1.45. The maximum absolute atomic E-state index is 13.4. The number of benzene rings is 4. The number of pyridine rings is 1. The van der Waals surface area contributed by atoms with Crippen molar-refractivity contribution in [2.75, 3.05) is 5.32 Å². The highest BCUT2D eigenvalue weighted by atomic mass is 16.3. The molecule has 4 aromatic carbocycles. The number of rotatable bonds is 6. The van der Waals surface area contributed by atoms with E-state index in [0.29, 0.717) is 38.8 Å². The Kier molecular flexibility index (Phi) is 6.56. The van der Waals surface area contributed by atoms with Crippen LogP contribution in [0.1, 0.15) is 10.4 Å². The second-order valence-corrected chi connectivity index (χ2v) is 9.13. The molecular weight excluding hydrogens is 502 g/mol. The standard InChI is InChI=1S/C32H23N5O3/c38-29(33-22-13-5-2-6-14-22)20-37-28-18-10-8-16-24(28)30(32(37)40)35-36-31(39)25-19-27(21-11-3-1-4-12-21)34-26-17-9-7-15-23(25)26/h1-19,40H,20H2,(H,33,38). The van der Waals surface area contributed by atoms with Gasteiger partial charge in [-0.25, -0.2) is 4.98 Å². The van der Waals surface area contributed by atoms with Gasteiger partial charge in [-0.2, -0.15) is 0 Å². The van der Waals surface area contributed by atoms with Crippen LogP contribution in [-0.4, -0.2) is 26.5 Å². The van der Waals surface area contributed by atoms with Crippen LogP contribution in [0, 0.1) is 0 Å². The molecule has 2 aromatic heterocycles. The number of para-hydroxylation sites is 3. The Labute approximate surface area is 229 Å². The number of nitrogens with zero attached hydrogens (tertiary/aromatic N) is 4. The zero-order valence-corrected chi connectivity index (χ0v) is 21.2. The summed E-state index contributed by atoms with van der Waals surface area (Å²) in [7, 11) is 0. The monoisotopic (exact) mass is 525 g/mol. The minimum atomic E-state index is -0.575. The largest absolute Gasteiger partial charge is 0.493 e. The molecule has 0 aliphatic rings. The minimum Gasteiger partial charge on any atom is -0.493 e. The zero-order valence-electron chi connectivity index (χ0n) is 21.2. The van der Waals surface area contributed by atoms with Crippen LogP contribution < -0.4 is 5.32 Å². The van der Waals surface area contributed by atoms with Crippen molar-refractivity contribution in [2.45, 2.75) is 6.54 Å². The van der Waals surface area contributed by atoms with E-state index in [4.69, 9.17) is 4.98 Å². The number of anilines is 1. The molecule has 0 saturated heterocycles. The van der Waals surface area contributed by atoms with Crippen molar-refractivity contribution < 1.29 is 14.7 Å². The summed E-state index contributed by atoms with van der Waals surface area (Å²) >= 11 is 0. The molecule has 0 saturated carbocycles. The molecule has 0 aliphatic heterocycles. The minimum absolute atomic E-state index is 0.109. The number of aromatic nitrogens is 2. The Morgan fingerprint density at radius 3 is 2.23 bits per heavy atom. The average molecular weight is 526 g/mol. The van der Waals surface area contributed by atoms with Gasteiger partial charge in [0, 0.05) is 22.0 Å². The van der Waals surface area contributed by atoms with Gasteiger partial charge in [-0.3, -0.25) is 9.59 Å². The van der Waals surface area contributed by atoms with Crippen LogP contribution in [0.5, 0.6) is 5.88 Å². The molecule has 0 fully saturated rings. The molecule has 8 heteroatoms. The molecule has 2 heterocycles. The van der Waals surface area contributed by atoms with E-state index < -0.39 is 5.91 Å². The lowest BCUT2D eigenvalue weighted by molar-refractivity contribution is -0.116. The van der Waals surface area contributed by atoms with Crippen molar-refractivity contribution in [1.29, 1.82) is 0 Å². The lowest BCUT2D eigenvalue weighted by atomic mass is 10.0. The number of carbonyl (C=O) groups is 2. The molecule has 0 radical (unpaired) electrons. The van der Waals surface area contributed by atoms with E-state index in [2.05, 4.69) is 15.5 Å². The first-order valence-corrected chi connectivity index (χ1v) is 12.6. The Morgan fingerprint density at radius 1 is 0.800 bits per heavy atom. The van der Waals surface area contributed by atoms with Crippen LogP contribution in [-0.2, 0) is 11.3 Å². The molecule has 0 atom stereocenters. The van der Waals surface area contributed by atoms with E-state index in [1.54, 1.807) is 42.5 Å². The van der Waals surface area contributed by atoms with Crippen LogP contribution in [0.3, 0.4) is 0 Å². The van der Waals surface area contributed by atoms with Gasteiger partial charge in [0.05, 0.1) is 22.3 Å². The molecule has 0 aliphatic carbocycles. The summed E-state index contributed by atoms with van der Waals surface area (Å²) in [5.41, 5.74) is 3.86. The molecule has 0 spiro atoms. The molecule has 8 nitrogen and oxygen atoms in total. The van der Waals surface area contributed by atoms with E-state index in [0.717, 1.165) is 5.56 Å². The number of hydrogen-bond donors (Lipinski definition) is 2. The normalized spacial score (nSPS) is 11.3. The number of aromatic hydroxyl groups is 1. The van der Waals surface area contributed by atoms with Crippen molar-refractivity contribution in [3.8, 4) is 17.1 Å². The second-order valence-electron chi connectivity index (χ2n) is 9.13. The molecule has 6 aromatic rings. The molecule has 2 amide bonds. The van der Waals surface area contributed by atoms with E-state index in [-0.39, 0.29) is 24.0 Å². The molecule has 40 heavy (non-hydrogen) atoms. The highest BCUT2D eigenvalue weighted by Crippen LogP contribution is 2.39. The second kappa shape index (κ2) is 10.6. The quantitative estimate of drug-likeness (QED) is 0.226. The van der Waals surface area contributed by atoms with Crippen LogP contribution >= 0.6 is 0 Å². The van der Waals surface area contributed by atoms with Crippen molar-refractivity contribution in [2.24, 2.45) is 10.2 Å². The highest BCUT2D eigenvalue weighted by molar-refractivity contribution is 6.08. The summed E-state index contributed by atoms with van der Waals surface area (Å²) in [6.07, 6.45) is 0. The first kappa shape index (κ1) is 24.7. The summed E-state index contributed by atoms with van der Waals surface area (Å²) in [4.78, 5) is 30.9. The Morgan fingerprint density at radius 2 is 1.45 bits per heavy atom. The molecular formula is C32H23N5O3. The number of hydrogen-bond acceptors (Lipinski definition) is 5. The Hall–Kier alpha value is -5.63. The van der Waals surface area contributed by atoms with Crippen molar-refractivity contribution in [3.63, 3.8) is 0 Å². The summed E-state index contributed by atoms with van der Waals surface area (Å²) in [6, 6.07) is 34.8. The van der Waals surface area contributed by atoms with Gasteiger partial charge < -0.3 is 15.0 Å². The van der Waals surface area contributed by atoms with E-state index in [9.17, 15) is 14.7 Å². The maximum Gasteiger partial charge on any atom is 0.296 e. The zero-order chi connectivity index (χ0) is 27.5. The number of carbonyl (C=O) groups excluding carboxylic acids is 2. The molecule has 0 unspecified atom stereocenters.